The summed E-state index contributed by atoms with van der Waals surface area (Å²) in [5.74, 6) is -0.523. The van der Waals surface area contributed by atoms with Crippen LogP contribution in [0.4, 0.5) is 20.2 Å². The fraction of sp³-hybridized carbons (Fsp3) is 0.419. The molecule has 1 atom stereocenters. The molecule has 5 aromatic rings. The van der Waals surface area contributed by atoms with Crippen molar-refractivity contribution in [2.24, 2.45) is 5.73 Å². The summed E-state index contributed by atoms with van der Waals surface area (Å²) in [5, 5.41) is 5.69. The summed E-state index contributed by atoms with van der Waals surface area (Å²) in [7, 11) is 1.57. The summed E-state index contributed by atoms with van der Waals surface area (Å²) < 4.78 is 30.8. The van der Waals surface area contributed by atoms with Gasteiger partial charge in [0.05, 0.1) is 23.0 Å². The number of piperidine rings is 1. The third-order valence-corrected chi connectivity index (χ3v) is 14.1. The van der Waals surface area contributed by atoms with E-state index in [0.29, 0.717) is 48.5 Å². The van der Waals surface area contributed by atoms with E-state index >= 15 is 0 Å². The summed E-state index contributed by atoms with van der Waals surface area (Å²) in [5.41, 5.74) is 16.1. The number of benzene rings is 3. The van der Waals surface area contributed by atoms with Gasteiger partial charge in [0.2, 0.25) is 11.8 Å². The van der Waals surface area contributed by atoms with Crippen LogP contribution < -0.4 is 73.3 Å². The third kappa shape index (κ3) is 17.0. The fourth-order valence-corrected chi connectivity index (χ4v) is 9.51. The van der Waals surface area contributed by atoms with Crippen molar-refractivity contribution >= 4 is 40.6 Å². The first-order valence-corrected chi connectivity index (χ1v) is 26.5. The van der Waals surface area contributed by atoms with E-state index in [1.165, 1.54) is 59.4 Å². The van der Waals surface area contributed by atoms with Gasteiger partial charge in [0, 0.05) is 73.1 Å². The number of aryl methyl sites for hydroxylation is 3. The molecule has 404 valence electrons. The number of nitrogens with zero attached hydrogens (tertiary/aromatic N) is 4. The molecule has 0 saturated carbocycles. The molecule has 2 amide bonds. The fourth-order valence-electron chi connectivity index (χ4n) is 9.51. The number of aromatic nitrogens is 2. The summed E-state index contributed by atoms with van der Waals surface area (Å²) >= 11 is 0. The first-order chi connectivity index (χ1) is 35.7. The predicted molar refractivity (Wildman–Crippen MR) is 306 cm³/mol. The minimum absolute atomic E-state index is 0. The van der Waals surface area contributed by atoms with Gasteiger partial charge in [-0.15, -0.1) is 0 Å². The van der Waals surface area contributed by atoms with Crippen molar-refractivity contribution in [3.05, 3.63) is 170 Å². The summed E-state index contributed by atoms with van der Waals surface area (Å²) in [6.07, 6.45) is 11.0. The zero-order valence-corrected chi connectivity index (χ0v) is 51.0. The van der Waals surface area contributed by atoms with Crippen molar-refractivity contribution in [2.45, 2.75) is 139 Å². The molecule has 4 N–H and O–H groups in total. The minimum atomic E-state index is -0.523. The van der Waals surface area contributed by atoms with E-state index in [9.17, 15) is 28.0 Å². The van der Waals surface area contributed by atoms with Gasteiger partial charge in [-0.25, -0.2) is 8.78 Å². The molecule has 0 aliphatic carbocycles. The molecule has 1 unspecified atom stereocenters. The summed E-state index contributed by atoms with van der Waals surface area (Å²) in [6, 6.07) is 21.6. The summed E-state index contributed by atoms with van der Waals surface area (Å²) in [6.45, 7) is 31.5. The number of nitrogens with one attached hydrogen (secondary N) is 2. The van der Waals surface area contributed by atoms with Crippen LogP contribution in [0.3, 0.4) is 0 Å². The van der Waals surface area contributed by atoms with Crippen molar-refractivity contribution in [2.75, 3.05) is 43.9 Å². The minimum Gasteiger partial charge on any atom is -0.386 e. The van der Waals surface area contributed by atoms with Crippen molar-refractivity contribution in [3.8, 4) is 5.69 Å². The number of nitrogens with two attached hydrogens (primary N) is 1. The Balaban J connectivity index is 0.000000354. The molecule has 1 fully saturated rings. The molecule has 3 aromatic carbocycles. The topological polar surface area (TPSA) is 143 Å². The van der Waals surface area contributed by atoms with Crippen LogP contribution in [-0.2, 0) is 21.5 Å². The quantitative estimate of drug-likeness (QED) is 0.0638. The SMILES string of the molecule is CC.CC.CNc1cc(=O)n(-c2ccnc(C)c2/C=C(\C)C(C)N2CC=C(c3c(C)cc(C(C)=O)cc3F)CC2)cc1F.Cc1ccc(C2CCN(Cc3ccc4c(c3)C(C)(C)C(=O)N4)CC2)cc1.[CH2-]CCC(N)=O.[K+]. The Morgan fingerprint density at radius 2 is 1.59 bits per heavy atom. The Morgan fingerprint density at radius 1 is 0.934 bits per heavy atom. The van der Waals surface area contributed by atoms with Crippen molar-refractivity contribution in [1.82, 2.24) is 19.4 Å². The molecule has 76 heavy (non-hydrogen) atoms. The zero-order valence-electron chi connectivity index (χ0n) is 47.8. The van der Waals surface area contributed by atoms with E-state index in [0.717, 1.165) is 65.4 Å². The average molecular weight is 1070 g/mol. The first-order valence-electron chi connectivity index (χ1n) is 26.5. The number of ketones is 1. The molecule has 2 aromatic heterocycles. The summed E-state index contributed by atoms with van der Waals surface area (Å²) in [4.78, 5) is 55.6. The number of primary amides is 1. The number of hydrogen-bond acceptors (Lipinski definition) is 8. The maximum Gasteiger partial charge on any atom is 1.00 e. The van der Waals surface area contributed by atoms with Gasteiger partial charge < -0.3 is 23.3 Å². The molecule has 0 bridgehead atoms. The van der Waals surface area contributed by atoms with Crippen molar-refractivity contribution < 1.29 is 74.5 Å². The van der Waals surface area contributed by atoms with Crippen LogP contribution >= 0.6 is 0 Å². The number of anilines is 2. The van der Waals surface area contributed by atoms with Crippen LogP contribution in [0.25, 0.3) is 17.3 Å². The molecule has 0 radical (unpaired) electrons. The molecule has 11 nitrogen and oxygen atoms in total. The van der Waals surface area contributed by atoms with Gasteiger partial charge in [-0.3, -0.25) is 38.5 Å². The van der Waals surface area contributed by atoms with Crippen LogP contribution in [0.1, 0.15) is 155 Å². The monoisotopic (exact) mass is 1070 g/mol. The molecular weight excluding hydrogens is 984 g/mol. The molecule has 0 spiro atoms. The number of fused-ring (bicyclic) bond motifs is 1. The van der Waals surface area contributed by atoms with E-state index in [-0.39, 0.29) is 92.1 Å². The van der Waals surface area contributed by atoms with Gasteiger partial charge in [-0.05, 0) is 152 Å². The zero-order chi connectivity index (χ0) is 55.7. The second kappa shape index (κ2) is 30.9. The molecule has 8 rings (SSSR count). The first kappa shape index (κ1) is 65.4. The number of rotatable bonds is 12. The number of carbonyl (C=O) groups is 3. The van der Waals surface area contributed by atoms with E-state index in [4.69, 9.17) is 5.73 Å². The number of carbonyl (C=O) groups excluding carboxylic acids is 3. The van der Waals surface area contributed by atoms with Crippen LogP contribution in [0.2, 0.25) is 0 Å². The third-order valence-electron chi connectivity index (χ3n) is 14.1. The van der Waals surface area contributed by atoms with E-state index in [1.54, 1.807) is 25.4 Å². The number of hydrogen-bond donors (Lipinski definition) is 3. The standard InChI is InChI=1S/C31H34F2N4O2.C23H28N2O.C4H8NO.2C2H6.K/c1-18(14-25-20(3)35-10-7-29(25)37-17-27(33)28(34-6)16-30(37)39)21(4)36-11-8-23(9-12-36)31-19(2)13-24(22(5)38)15-26(31)32;1-16-4-7-18(8-5-16)19-10-12-25(13-11-19)15-17-6-9-21-20(14-17)23(2,3)22(26)24-21;1-2-3-4(5)6;2*1-2;/h7-8,10,13-17,21,34H,9,11-12H2,1-6H3;4-9,14,19H,10-13,15H2,1-3H3,(H,24,26);1-3H2,(H2,5,6);2*1-2H3;/q;;-1;;;+1/b18-14+;;;;;. The molecule has 3 aliphatic rings. The van der Waals surface area contributed by atoms with Crippen molar-refractivity contribution in [3.63, 3.8) is 0 Å². The number of amides is 2. The number of pyridine rings is 2. The number of halogens is 2. The average Bonchev–Trinajstić information content (AvgIpc) is 3.62. The van der Waals surface area contributed by atoms with Crippen LogP contribution in [-0.4, -0.2) is 76.2 Å². The molecule has 14 heteroatoms. The van der Waals surface area contributed by atoms with E-state index in [2.05, 4.69) is 94.7 Å². The number of likely N-dealkylation sites (tertiary alicyclic amines) is 1. The van der Waals surface area contributed by atoms with Gasteiger partial charge >= 0.3 is 51.4 Å². The second-order valence-corrected chi connectivity index (χ2v) is 19.6. The molecule has 3 aliphatic heterocycles. The molecular formula is C62H82F2KN7O4. The Labute approximate surface area is 494 Å². The second-order valence-electron chi connectivity index (χ2n) is 19.6. The smallest absolute Gasteiger partial charge is 0.386 e. The van der Waals surface area contributed by atoms with Crippen LogP contribution in [0, 0.1) is 39.3 Å². The molecule has 1 saturated heterocycles. The predicted octanol–water partition coefficient (Wildman–Crippen LogP) is 9.70. The van der Waals surface area contributed by atoms with Gasteiger partial charge in [0.25, 0.3) is 5.56 Å². The Morgan fingerprint density at radius 3 is 2.14 bits per heavy atom. The maximum absolute atomic E-state index is 14.9. The van der Waals surface area contributed by atoms with Gasteiger partial charge in [0.15, 0.2) is 11.6 Å². The maximum atomic E-state index is 14.9. The normalized spacial score (nSPS) is 15.4. The largest absolute Gasteiger partial charge is 1.00 e. The van der Waals surface area contributed by atoms with Gasteiger partial charge in [0.1, 0.15) is 5.82 Å². The Hall–Kier alpha value is -4.93. The number of Topliss-reactive ketones (excluding diaryl/α,β-unsaturated/α-hetero) is 1. The van der Waals surface area contributed by atoms with E-state index < -0.39 is 11.2 Å². The Kier molecular flexibility index (Phi) is 26.5. The van der Waals surface area contributed by atoms with Crippen molar-refractivity contribution in [1.29, 1.82) is 0 Å². The van der Waals surface area contributed by atoms with Crippen LogP contribution in [0.5, 0.6) is 0 Å². The Bertz CT molecular complexity index is 2860. The van der Waals surface area contributed by atoms with Gasteiger partial charge in [-0.1, -0.05) is 87.4 Å². The van der Waals surface area contributed by atoms with Crippen LogP contribution in [0.15, 0.2) is 95.6 Å². The molecule has 5 heterocycles. The van der Waals surface area contributed by atoms with E-state index in [1.807, 2.05) is 68.4 Å². The van der Waals surface area contributed by atoms with Gasteiger partial charge in [-0.2, -0.15) is 6.42 Å².